The Morgan fingerprint density at radius 2 is 0.985 bits per heavy atom. The predicted octanol–water partition coefficient (Wildman–Crippen LogP) is 17.3. The van der Waals surface area contributed by atoms with Crippen LogP contribution in [0, 0.1) is 0 Å². The summed E-state index contributed by atoms with van der Waals surface area (Å²) in [6, 6.07) is 80.5. The normalized spacial score (nSPS) is 12.8. The molecule has 3 nitrogen and oxygen atoms in total. The Morgan fingerprint density at radius 3 is 1.71 bits per heavy atom. The van der Waals surface area contributed by atoms with Gasteiger partial charge in [0.15, 0.2) is 0 Å². The number of furan rings is 1. The molecule has 0 saturated carbocycles. The van der Waals surface area contributed by atoms with Crippen molar-refractivity contribution in [3.63, 3.8) is 0 Å². The van der Waals surface area contributed by atoms with Gasteiger partial charge in [-0.05, 0) is 98.6 Å². The van der Waals surface area contributed by atoms with Crippen molar-refractivity contribution >= 4 is 39.0 Å². The largest absolute Gasteiger partial charge is 0.573 e. The van der Waals surface area contributed by atoms with E-state index < -0.39 is 11.8 Å². The van der Waals surface area contributed by atoms with Gasteiger partial charge in [-0.1, -0.05) is 194 Å². The summed E-state index contributed by atoms with van der Waals surface area (Å²) < 4.78 is 57.2. The average molecular weight is 888 g/mol. The van der Waals surface area contributed by atoms with Gasteiger partial charge >= 0.3 is 6.36 Å². The maximum Gasteiger partial charge on any atom is 0.573 e. The van der Waals surface area contributed by atoms with Gasteiger partial charge in [-0.2, -0.15) is 0 Å². The highest BCUT2D eigenvalue weighted by molar-refractivity contribution is 6.10. The molecule has 0 saturated heterocycles. The van der Waals surface area contributed by atoms with E-state index in [4.69, 9.17) is 9.15 Å². The first-order valence-corrected chi connectivity index (χ1v) is 22.6. The molecule has 1 aliphatic rings. The van der Waals surface area contributed by atoms with Crippen molar-refractivity contribution < 1.29 is 22.3 Å². The Bertz CT molecular complexity index is 3600. The van der Waals surface area contributed by atoms with Gasteiger partial charge in [0.05, 0.1) is 11.1 Å². The molecule has 0 fully saturated rings. The number of hydrogen-bond donors (Lipinski definition) is 0. The van der Waals surface area contributed by atoms with E-state index >= 15 is 13.2 Å². The zero-order valence-corrected chi connectivity index (χ0v) is 36.5. The fraction of sp³-hybridized carbons (Fsp3) is 0.0323. The maximum atomic E-state index is 15.2. The van der Waals surface area contributed by atoms with Gasteiger partial charge in [-0.15, -0.1) is 13.2 Å². The van der Waals surface area contributed by atoms with Crippen LogP contribution in [0.25, 0.3) is 66.4 Å². The molecule has 0 radical (unpaired) electrons. The minimum Gasteiger partial charge on any atom is -0.455 e. The number of halogens is 3. The Morgan fingerprint density at radius 1 is 0.412 bits per heavy atom. The van der Waals surface area contributed by atoms with E-state index in [2.05, 4.69) is 83.8 Å². The number of alkyl halides is 3. The molecular formula is C62H40F3NO2. The molecule has 0 N–H and O–H groups in total. The van der Waals surface area contributed by atoms with E-state index in [9.17, 15) is 0 Å². The second-order valence-electron chi connectivity index (χ2n) is 17.1. The molecule has 0 aliphatic heterocycles. The van der Waals surface area contributed by atoms with Gasteiger partial charge in [-0.25, -0.2) is 0 Å². The Kier molecular flexibility index (Phi) is 9.84. The zero-order chi connectivity index (χ0) is 45.8. The lowest BCUT2D eigenvalue weighted by molar-refractivity contribution is -0.274. The molecule has 0 spiro atoms. The number of benzene rings is 10. The number of rotatable bonds is 9. The van der Waals surface area contributed by atoms with Crippen LogP contribution >= 0.6 is 0 Å². The topological polar surface area (TPSA) is 25.6 Å². The second kappa shape index (κ2) is 16.4. The predicted molar refractivity (Wildman–Crippen MR) is 269 cm³/mol. The smallest absolute Gasteiger partial charge is 0.455 e. The molecular weight excluding hydrogens is 848 g/mol. The number of fused-ring (bicyclic) bond motifs is 6. The van der Waals surface area contributed by atoms with Gasteiger partial charge in [0.1, 0.15) is 16.9 Å². The molecule has 11 aromatic rings. The monoisotopic (exact) mass is 887 g/mol. The summed E-state index contributed by atoms with van der Waals surface area (Å²) in [6.07, 6.45) is -5.02. The lowest BCUT2D eigenvalue weighted by Gasteiger charge is -2.36. The first-order chi connectivity index (χ1) is 33.3. The van der Waals surface area contributed by atoms with Crippen LogP contribution in [0.15, 0.2) is 247 Å². The summed E-state index contributed by atoms with van der Waals surface area (Å²) in [7, 11) is 0. The SMILES string of the molecule is FC(F)(F)Oc1cc(-c2cccc3c2oc2ccccc23)cc2c1C(c1ccccc1)(c1ccccc1)c1cc(N(c3cccc(-c4ccccc4)c3)c3ccccc3-c3ccccc3)ccc1-2. The van der Waals surface area contributed by atoms with Crippen LogP contribution in [-0.4, -0.2) is 6.36 Å². The van der Waals surface area contributed by atoms with Crippen molar-refractivity contribution in [3.8, 4) is 50.3 Å². The van der Waals surface area contributed by atoms with Crippen molar-refractivity contribution in [3.05, 3.63) is 265 Å². The number of ether oxygens (including phenoxy) is 1. The van der Waals surface area contributed by atoms with E-state index in [1.54, 1.807) is 6.07 Å². The van der Waals surface area contributed by atoms with Crippen LogP contribution in [0.1, 0.15) is 22.3 Å². The fourth-order valence-electron chi connectivity index (χ4n) is 10.5. The van der Waals surface area contributed by atoms with E-state index in [-0.39, 0.29) is 5.75 Å². The van der Waals surface area contributed by atoms with Crippen LogP contribution in [0.3, 0.4) is 0 Å². The van der Waals surface area contributed by atoms with Crippen LogP contribution < -0.4 is 9.64 Å². The summed E-state index contributed by atoms with van der Waals surface area (Å²) in [4.78, 5) is 2.26. The molecule has 68 heavy (non-hydrogen) atoms. The van der Waals surface area contributed by atoms with Crippen LogP contribution in [0.2, 0.25) is 0 Å². The maximum absolute atomic E-state index is 15.2. The summed E-state index contributed by atoms with van der Waals surface area (Å²) in [5.74, 6) is -0.287. The van der Waals surface area contributed by atoms with E-state index in [1.165, 1.54) is 0 Å². The van der Waals surface area contributed by atoms with Crippen LogP contribution in [-0.2, 0) is 5.41 Å². The lowest BCUT2D eigenvalue weighted by Crippen LogP contribution is -2.30. The fourth-order valence-corrected chi connectivity index (χ4v) is 10.5. The Balaban J connectivity index is 1.17. The van der Waals surface area contributed by atoms with Gasteiger partial charge in [0.25, 0.3) is 0 Å². The third-order valence-electron chi connectivity index (χ3n) is 13.2. The number of nitrogens with zero attached hydrogens (tertiary/aromatic N) is 1. The van der Waals surface area contributed by atoms with Crippen molar-refractivity contribution in [1.29, 1.82) is 0 Å². The van der Waals surface area contributed by atoms with Crippen molar-refractivity contribution in [1.82, 2.24) is 0 Å². The van der Waals surface area contributed by atoms with Gasteiger partial charge < -0.3 is 14.1 Å². The molecule has 10 aromatic carbocycles. The van der Waals surface area contributed by atoms with E-state index in [1.807, 2.05) is 158 Å². The second-order valence-corrected chi connectivity index (χ2v) is 17.1. The molecule has 1 aromatic heterocycles. The van der Waals surface area contributed by atoms with Crippen molar-refractivity contribution in [2.45, 2.75) is 11.8 Å². The number of hydrogen-bond acceptors (Lipinski definition) is 3. The summed E-state index contributed by atoms with van der Waals surface area (Å²) >= 11 is 0. The molecule has 0 bridgehead atoms. The molecule has 0 amide bonds. The van der Waals surface area contributed by atoms with E-state index in [0.29, 0.717) is 33.4 Å². The summed E-state index contributed by atoms with van der Waals surface area (Å²) in [5, 5.41) is 1.80. The highest BCUT2D eigenvalue weighted by Crippen LogP contribution is 2.61. The number of para-hydroxylation sites is 3. The molecule has 0 unspecified atom stereocenters. The quantitative estimate of drug-likeness (QED) is 0.144. The molecule has 0 atom stereocenters. The highest BCUT2D eigenvalue weighted by Gasteiger charge is 2.50. The third-order valence-corrected chi connectivity index (χ3v) is 13.2. The minimum atomic E-state index is -5.02. The molecule has 12 rings (SSSR count). The highest BCUT2D eigenvalue weighted by atomic mass is 19.4. The lowest BCUT2D eigenvalue weighted by atomic mass is 9.67. The Labute approximate surface area is 391 Å². The molecule has 1 aliphatic carbocycles. The summed E-state index contributed by atoms with van der Waals surface area (Å²) in [5.41, 5.74) is 12.3. The van der Waals surface area contributed by atoms with Crippen LogP contribution in [0.4, 0.5) is 30.2 Å². The molecule has 1 heterocycles. The zero-order valence-electron chi connectivity index (χ0n) is 36.5. The number of anilines is 3. The van der Waals surface area contributed by atoms with Crippen molar-refractivity contribution in [2.75, 3.05) is 4.90 Å². The third kappa shape index (κ3) is 6.84. The van der Waals surface area contributed by atoms with E-state index in [0.717, 1.165) is 72.3 Å². The van der Waals surface area contributed by atoms with Gasteiger partial charge in [0.2, 0.25) is 0 Å². The summed E-state index contributed by atoms with van der Waals surface area (Å²) in [6.45, 7) is 0. The first-order valence-electron chi connectivity index (χ1n) is 22.6. The Hall–Kier alpha value is -8.61. The van der Waals surface area contributed by atoms with Crippen molar-refractivity contribution in [2.24, 2.45) is 0 Å². The average Bonchev–Trinajstić information content (AvgIpc) is 3.91. The molecule has 6 heteroatoms. The first kappa shape index (κ1) is 40.9. The van der Waals surface area contributed by atoms with Gasteiger partial charge in [-0.3, -0.25) is 0 Å². The standard InChI is InChI=1S/C62H40F3NO2/c63-62(64,65)68-58-39-44(50-31-18-32-53-52-30-14-16-34-57(52)67-60(50)53)38-54-51-36-35-48(40-55(51)61(59(54)58,45-24-9-3-10-25-45)46-26-11-4-12-27-46)66(47-28-17-23-43(37-47)41-19-5-1-6-20-41)56-33-15-13-29-49(56)42-21-7-2-8-22-42/h1-40H. The van der Waals surface area contributed by atoms with Crippen LogP contribution in [0.5, 0.6) is 5.75 Å². The minimum absolute atomic E-state index is 0.287. The van der Waals surface area contributed by atoms with Gasteiger partial charge in [0, 0.05) is 38.8 Å². The molecule has 326 valence electrons.